The second kappa shape index (κ2) is 7.31. The van der Waals surface area contributed by atoms with Gasteiger partial charge in [-0.15, -0.1) is 0 Å². The van der Waals surface area contributed by atoms with Crippen LogP contribution < -0.4 is 14.8 Å². The van der Waals surface area contributed by atoms with Gasteiger partial charge in [0.1, 0.15) is 11.5 Å². The highest BCUT2D eigenvalue weighted by atomic mass is 16.5. The zero-order valence-corrected chi connectivity index (χ0v) is 15.2. The minimum absolute atomic E-state index is 0.314. The first-order valence-corrected chi connectivity index (χ1v) is 8.16. The normalized spacial score (nSPS) is 10.5. The molecular weight excluding hydrogens is 330 g/mol. The zero-order valence-electron chi connectivity index (χ0n) is 15.2. The Morgan fingerprint density at radius 3 is 2.42 bits per heavy atom. The Kier molecular flexibility index (Phi) is 4.93. The topological polar surface area (TPSA) is 65.4 Å². The standard InChI is InChI=1S/C20H21N3O3/c1-13-5-7-14(8-6-13)18-12-17(22-23(18)2)20(24)21-16-11-15(25-3)9-10-19(16)26-4/h5-12H,1-4H3,(H,21,24). The summed E-state index contributed by atoms with van der Waals surface area (Å²) in [7, 11) is 4.94. The van der Waals surface area contributed by atoms with E-state index >= 15 is 0 Å². The fraction of sp³-hybridized carbons (Fsp3) is 0.200. The number of aromatic nitrogens is 2. The molecule has 26 heavy (non-hydrogen) atoms. The highest BCUT2D eigenvalue weighted by molar-refractivity contribution is 6.04. The first-order valence-electron chi connectivity index (χ1n) is 8.16. The minimum Gasteiger partial charge on any atom is -0.497 e. The summed E-state index contributed by atoms with van der Waals surface area (Å²) in [5.74, 6) is 0.863. The van der Waals surface area contributed by atoms with E-state index in [9.17, 15) is 4.79 Å². The van der Waals surface area contributed by atoms with Gasteiger partial charge in [-0.2, -0.15) is 5.10 Å². The Labute approximate surface area is 152 Å². The van der Waals surface area contributed by atoms with E-state index in [-0.39, 0.29) is 5.91 Å². The molecule has 0 fully saturated rings. The molecule has 1 amide bonds. The van der Waals surface area contributed by atoms with Gasteiger partial charge in [0, 0.05) is 13.1 Å². The van der Waals surface area contributed by atoms with E-state index in [2.05, 4.69) is 10.4 Å². The quantitative estimate of drug-likeness (QED) is 0.762. The van der Waals surface area contributed by atoms with Crippen LogP contribution >= 0.6 is 0 Å². The summed E-state index contributed by atoms with van der Waals surface area (Å²) >= 11 is 0. The van der Waals surface area contributed by atoms with Crippen LogP contribution in [-0.2, 0) is 7.05 Å². The van der Waals surface area contributed by atoms with Crippen molar-refractivity contribution in [1.29, 1.82) is 0 Å². The van der Waals surface area contributed by atoms with E-state index in [0.29, 0.717) is 22.9 Å². The first-order chi connectivity index (χ1) is 12.5. The third-order valence-corrected chi connectivity index (χ3v) is 4.11. The Balaban J connectivity index is 1.87. The lowest BCUT2D eigenvalue weighted by Gasteiger charge is -2.10. The number of nitrogens with zero attached hydrogens (tertiary/aromatic N) is 2. The molecule has 0 atom stereocenters. The first kappa shape index (κ1) is 17.5. The van der Waals surface area contributed by atoms with Crippen LogP contribution in [0.25, 0.3) is 11.3 Å². The molecule has 0 aliphatic heterocycles. The molecule has 1 aromatic heterocycles. The van der Waals surface area contributed by atoms with E-state index in [1.54, 1.807) is 43.2 Å². The number of amides is 1. The van der Waals surface area contributed by atoms with Crippen LogP contribution in [0.2, 0.25) is 0 Å². The number of hydrogen-bond acceptors (Lipinski definition) is 4. The Bertz CT molecular complexity index is 930. The van der Waals surface area contributed by atoms with Gasteiger partial charge < -0.3 is 14.8 Å². The van der Waals surface area contributed by atoms with Crippen molar-refractivity contribution in [3.05, 3.63) is 59.8 Å². The predicted molar refractivity (Wildman–Crippen MR) is 101 cm³/mol. The van der Waals surface area contributed by atoms with Gasteiger partial charge in [-0.05, 0) is 30.7 Å². The molecule has 0 spiro atoms. The number of ether oxygens (including phenoxy) is 2. The summed E-state index contributed by atoms with van der Waals surface area (Å²) in [4.78, 5) is 12.6. The maximum absolute atomic E-state index is 12.6. The molecule has 2 aromatic carbocycles. The van der Waals surface area contributed by atoms with Crippen molar-refractivity contribution < 1.29 is 14.3 Å². The van der Waals surface area contributed by atoms with Gasteiger partial charge >= 0.3 is 0 Å². The lowest BCUT2D eigenvalue weighted by atomic mass is 10.1. The van der Waals surface area contributed by atoms with E-state index in [1.165, 1.54) is 5.56 Å². The number of carbonyl (C=O) groups excluding carboxylic acids is 1. The molecule has 6 nitrogen and oxygen atoms in total. The molecule has 0 aliphatic carbocycles. The lowest BCUT2D eigenvalue weighted by Crippen LogP contribution is -2.13. The maximum Gasteiger partial charge on any atom is 0.276 e. The van der Waals surface area contributed by atoms with Crippen molar-refractivity contribution in [2.45, 2.75) is 6.92 Å². The highest BCUT2D eigenvalue weighted by Gasteiger charge is 2.16. The van der Waals surface area contributed by atoms with Crippen molar-refractivity contribution in [3.8, 4) is 22.8 Å². The molecule has 0 bridgehead atoms. The lowest BCUT2D eigenvalue weighted by molar-refractivity contribution is 0.102. The Hall–Kier alpha value is -3.28. The predicted octanol–water partition coefficient (Wildman–Crippen LogP) is 3.67. The van der Waals surface area contributed by atoms with Gasteiger partial charge in [-0.3, -0.25) is 9.48 Å². The molecule has 6 heteroatoms. The van der Waals surface area contributed by atoms with Gasteiger partial charge in [0.2, 0.25) is 0 Å². The van der Waals surface area contributed by atoms with Crippen LogP contribution in [0.1, 0.15) is 16.1 Å². The molecule has 1 N–H and O–H groups in total. The number of aryl methyl sites for hydroxylation is 2. The molecule has 0 saturated heterocycles. The van der Waals surface area contributed by atoms with Crippen LogP contribution in [-0.4, -0.2) is 29.9 Å². The van der Waals surface area contributed by atoms with Crippen LogP contribution in [0, 0.1) is 6.92 Å². The van der Waals surface area contributed by atoms with E-state index in [4.69, 9.17) is 9.47 Å². The maximum atomic E-state index is 12.6. The van der Waals surface area contributed by atoms with Crippen LogP contribution in [0.15, 0.2) is 48.5 Å². The molecule has 0 radical (unpaired) electrons. The fourth-order valence-electron chi connectivity index (χ4n) is 2.67. The van der Waals surface area contributed by atoms with Gasteiger partial charge in [0.15, 0.2) is 5.69 Å². The second-order valence-corrected chi connectivity index (χ2v) is 5.92. The SMILES string of the molecule is COc1ccc(OC)c(NC(=O)c2cc(-c3ccc(C)cc3)n(C)n2)c1. The van der Waals surface area contributed by atoms with Gasteiger partial charge in [0.05, 0.1) is 25.6 Å². The van der Waals surface area contributed by atoms with E-state index in [1.807, 2.05) is 38.2 Å². The van der Waals surface area contributed by atoms with E-state index < -0.39 is 0 Å². The zero-order chi connectivity index (χ0) is 18.7. The number of methoxy groups -OCH3 is 2. The molecule has 0 saturated carbocycles. The number of hydrogen-bond donors (Lipinski definition) is 1. The summed E-state index contributed by atoms with van der Waals surface area (Å²) in [6.07, 6.45) is 0. The van der Waals surface area contributed by atoms with Crippen LogP contribution in [0.4, 0.5) is 5.69 Å². The van der Waals surface area contributed by atoms with Crippen LogP contribution in [0.3, 0.4) is 0 Å². The number of anilines is 1. The number of carbonyl (C=O) groups is 1. The van der Waals surface area contributed by atoms with Crippen molar-refractivity contribution in [2.24, 2.45) is 7.05 Å². The number of nitrogens with one attached hydrogen (secondary N) is 1. The summed E-state index contributed by atoms with van der Waals surface area (Å²) < 4.78 is 12.2. The van der Waals surface area contributed by atoms with Crippen LogP contribution in [0.5, 0.6) is 11.5 Å². The van der Waals surface area contributed by atoms with Crippen molar-refractivity contribution in [2.75, 3.05) is 19.5 Å². The van der Waals surface area contributed by atoms with Gasteiger partial charge in [0.25, 0.3) is 5.91 Å². The monoisotopic (exact) mass is 351 g/mol. The van der Waals surface area contributed by atoms with Crippen molar-refractivity contribution in [3.63, 3.8) is 0 Å². The molecular formula is C20H21N3O3. The average molecular weight is 351 g/mol. The average Bonchev–Trinajstić information content (AvgIpc) is 3.04. The van der Waals surface area contributed by atoms with Gasteiger partial charge in [-0.1, -0.05) is 29.8 Å². The molecule has 0 aliphatic rings. The summed E-state index contributed by atoms with van der Waals surface area (Å²) in [6, 6.07) is 15.1. The summed E-state index contributed by atoms with van der Waals surface area (Å²) in [6.45, 7) is 2.04. The van der Waals surface area contributed by atoms with Gasteiger partial charge in [-0.25, -0.2) is 0 Å². The largest absolute Gasteiger partial charge is 0.497 e. The second-order valence-electron chi connectivity index (χ2n) is 5.92. The fourth-order valence-corrected chi connectivity index (χ4v) is 2.67. The number of benzene rings is 2. The van der Waals surface area contributed by atoms with Crippen molar-refractivity contribution in [1.82, 2.24) is 9.78 Å². The highest BCUT2D eigenvalue weighted by Crippen LogP contribution is 2.29. The molecule has 3 aromatic rings. The smallest absolute Gasteiger partial charge is 0.276 e. The molecule has 0 unspecified atom stereocenters. The third kappa shape index (κ3) is 3.54. The van der Waals surface area contributed by atoms with E-state index in [0.717, 1.165) is 11.3 Å². The minimum atomic E-state index is -0.314. The number of rotatable bonds is 5. The molecule has 3 rings (SSSR count). The Morgan fingerprint density at radius 1 is 1.04 bits per heavy atom. The Morgan fingerprint density at radius 2 is 1.77 bits per heavy atom. The third-order valence-electron chi connectivity index (χ3n) is 4.11. The summed E-state index contributed by atoms with van der Waals surface area (Å²) in [5, 5.41) is 7.17. The molecule has 134 valence electrons. The van der Waals surface area contributed by atoms with Crippen molar-refractivity contribution >= 4 is 11.6 Å². The summed E-state index contributed by atoms with van der Waals surface area (Å²) in [5.41, 5.74) is 3.91. The molecule has 1 heterocycles.